The summed E-state index contributed by atoms with van der Waals surface area (Å²) in [6.07, 6.45) is 3.70. The van der Waals surface area contributed by atoms with Crippen molar-refractivity contribution in [1.29, 1.82) is 0 Å². The van der Waals surface area contributed by atoms with Gasteiger partial charge in [-0.25, -0.2) is 4.39 Å². The summed E-state index contributed by atoms with van der Waals surface area (Å²) in [7, 11) is 1.90. The minimum absolute atomic E-state index is 0.0181. The predicted molar refractivity (Wildman–Crippen MR) is 78.7 cm³/mol. The Kier molecular flexibility index (Phi) is 4.90. The van der Waals surface area contributed by atoms with E-state index in [1.165, 1.54) is 12.1 Å². The molecule has 1 aromatic rings. The Morgan fingerprint density at radius 2 is 2.35 bits per heavy atom. The average Bonchev–Trinajstić information content (AvgIpc) is 2.87. The summed E-state index contributed by atoms with van der Waals surface area (Å²) >= 11 is 0. The van der Waals surface area contributed by atoms with Crippen LogP contribution in [0.15, 0.2) is 30.3 Å². The van der Waals surface area contributed by atoms with Gasteiger partial charge in [0.15, 0.2) is 0 Å². The summed E-state index contributed by atoms with van der Waals surface area (Å²) in [5.41, 5.74) is 1.55. The smallest absolute Gasteiger partial charge is 0.247 e. The van der Waals surface area contributed by atoms with Gasteiger partial charge in [0.1, 0.15) is 5.82 Å². The van der Waals surface area contributed by atoms with Crippen molar-refractivity contribution >= 4 is 11.5 Å². The van der Waals surface area contributed by atoms with E-state index < -0.39 is 0 Å². The van der Waals surface area contributed by atoms with Crippen LogP contribution in [0.1, 0.15) is 25.3 Å². The zero-order valence-electron chi connectivity index (χ0n) is 12.0. The van der Waals surface area contributed by atoms with Gasteiger partial charge in [-0.05, 0) is 50.1 Å². The number of hydrogen-bond acceptors (Lipinski definition) is 2. The van der Waals surface area contributed by atoms with E-state index in [2.05, 4.69) is 5.32 Å². The summed E-state index contributed by atoms with van der Waals surface area (Å²) in [6.45, 7) is 3.46. The molecule has 108 valence electrons. The zero-order valence-corrected chi connectivity index (χ0v) is 12.0. The molecule has 0 saturated carbocycles. The molecule has 1 heterocycles. The van der Waals surface area contributed by atoms with Crippen molar-refractivity contribution in [3.63, 3.8) is 0 Å². The van der Waals surface area contributed by atoms with E-state index >= 15 is 0 Å². The molecule has 0 radical (unpaired) electrons. The summed E-state index contributed by atoms with van der Waals surface area (Å²) in [5, 5.41) is 3.12. The Labute approximate surface area is 119 Å². The molecule has 1 fully saturated rings. The molecule has 1 amide bonds. The summed E-state index contributed by atoms with van der Waals surface area (Å²) in [6, 6.07) is 6.60. The van der Waals surface area contributed by atoms with Gasteiger partial charge in [-0.15, -0.1) is 0 Å². The predicted octanol–water partition coefficient (Wildman–Crippen LogP) is 2.44. The van der Waals surface area contributed by atoms with Gasteiger partial charge < -0.3 is 10.2 Å². The molecule has 1 aliphatic heterocycles. The second-order valence-electron chi connectivity index (χ2n) is 5.22. The van der Waals surface area contributed by atoms with Crippen LogP contribution in [0.2, 0.25) is 0 Å². The van der Waals surface area contributed by atoms with Crippen LogP contribution >= 0.6 is 0 Å². The number of benzene rings is 1. The van der Waals surface area contributed by atoms with Crippen LogP contribution < -0.4 is 5.32 Å². The first-order valence-electron chi connectivity index (χ1n) is 7.01. The van der Waals surface area contributed by atoms with Crippen molar-refractivity contribution < 1.29 is 9.18 Å². The number of carbonyl (C=O) groups excluding carboxylic acids is 1. The maximum Gasteiger partial charge on any atom is 0.247 e. The number of likely N-dealkylation sites (tertiary alicyclic amines) is 1. The molecule has 1 N–H and O–H groups in total. The highest BCUT2D eigenvalue weighted by Gasteiger charge is 2.26. The van der Waals surface area contributed by atoms with Crippen LogP contribution in [0.3, 0.4) is 0 Å². The maximum atomic E-state index is 13.2. The molecular weight excluding hydrogens is 255 g/mol. The Balaban J connectivity index is 2.11. The largest absolute Gasteiger partial charge is 0.335 e. The number of nitrogens with zero attached hydrogens (tertiary/aromatic N) is 1. The fourth-order valence-electron chi connectivity index (χ4n) is 2.66. The number of likely N-dealkylation sites (N-methyl/N-ethyl adjacent to an activating group) is 1. The van der Waals surface area contributed by atoms with E-state index in [-0.39, 0.29) is 17.8 Å². The van der Waals surface area contributed by atoms with Gasteiger partial charge in [0.05, 0.1) is 0 Å². The van der Waals surface area contributed by atoms with Crippen LogP contribution in [0.5, 0.6) is 0 Å². The van der Waals surface area contributed by atoms with E-state index in [1.807, 2.05) is 24.9 Å². The monoisotopic (exact) mass is 276 g/mol. The van der Waals surface area contributed by atoms with Gasteiger partial charge in [0, 0.05) is 25.2 Å². The fourth-order valence-corrected chi connectivity index (χ4v) is 2.66. The van der Waals surface area contributed by atoms with Gasteiger partial charge in [-0.3, -0.25) is 4.79 Å². The molecule has 2 rings (SSSR count). The number of amides is 1. The second-order valence-corrected chi connectivity index (χ2v) is 5.22. The first-order chi connectivity index (χ1) is 9.61. The number of rotatable bonds is 4. The zero-order chi connectivity index (χ0) is 14.5. The Bertz CT molecular complexity index is 513. The third-order valence-corrected chi connectivity index (χ3v) is 3.72. The van der Waals surface area contributed by atoms with Crippen LogP contribution in [0.4, 0.5) is 4.39 Å². The number of carbonyl (C=O) groups is 1. The van der Waals surface area contributed by atoms with Crippen molar-refractivity contribution in [3.8, 4) is 0 Å². The molecule has 1 atom stereocenters. The van der Waals surface area contributed by atoms with Crippen molar-refractivity contribution in [2.24, 2.45) is 0 Å². The topological polar surface area (TPSA) is 32.3 Å². The van der Waals surface area contributed by atoms with Crippen molar-refractivity contribution in [2.45, 2.75) is 25.8 Å². The minimum Gasteiger partial charge on any atom is -0.335 e. The van der Waals surface area contributed by atoms with Crippen LogP contribution in [0.25, 0.3) is 5.57 Å². The number of halogens is 1. The van der Waals surface area contributed by atoms with Crippen molar-refractivity contribution in [2.75, 3.05) is 20.1 Å². The van der Waals surface area contributed by atoms with Crippen molar-refractivity contribution in [3.05, 3.63) is 41.7 Å². The molecule has 3 nitrogen and oxygen atoms in total. The SMILES string of the molecule is CNCC1CCCN1C(=O)C=C(C)c1cccc(F)c1. The van der Waals surface area contributed by atoms with E-state index in [0.717, 1.165) is 37.1 Å². The molecule has 0 aliphatic carbocycles. The van der Waals surface area contributed by atoms with E-state index in [1.54, 1.807) is 12.1 Å². The molecule has 1 saturated heterocycles. The lowest BCUT2D eigenvalue weighted by atomic mass is 10.1. The molecule has 20 heavy (non-hydrogen) atoms. The van der Waals surface area contributed by atoms with Gasteiger partial charge in [0.2, 0.25) is 5.91 Å². The Morgan fingerprint density at radius 3 is 3.05 bits per heavy atom. The molecule has 4 heteroatoms. The highest BCUT2D eigenvalue weighted by Crippen LogP contribution is 2.20. The summed E-state index contributed by atoms with van der Waals surface area (Å²) < 4.78 is 13.2. The van der Waals surface area contributed by atoms with Gasteiger partial charge in [-0.1, -0.05) is 12.1 Å². The van der Waals surface area contributed by atoms with E-state index in [9.17, 15) is 9.18 Å². The lowest BCUT2D eigenvalue weighted by Gasteiger charge is -2.23. The van der Waals surface area contributed by atoms with Gasteiger partial charge in [0.25, 0.3) is 0 Å². The molecular formula is C16H21FN2O. The Morgan fingerprint density at radius 1 is 1.55 bits per heavy atom. The second kappa shape index (κ2) is 6.66. The molecule has 0 bridgehead atoms. The molecule has 1 unspecified atom stereocenters. The molecule has 1 aromatic carbocycles. The minimum atomic E-state index is -0.281. The highest BCUT2D eigenvalue weighted by atomic mass is 19.1. The number of allylic oxidation sites excluding steroid dienone is 1. The maximum absolute atomic E-state index is 13.2. The normalized spacial score (nSPS) is 19.4. The van der Waals surface area contributed by atoms with E-state index in [0.29, 0.717) is 0 Å². The number of hydrogen-bond donors (Lipinski definition) is 1. The molecule has 0 spiro atoms. The third-order valence-electron chi connectivity index (χ3n) is 3.72. The first kappa shape index (κ1) is 14.7. The number of nitrogens with one attached hydrogen (secondary N) is 1. The summed E-state index contributed by atoms with van der Waals surface area (Å²) in [5.74, 6) is -0.263. The highest BCUT2D eigenvalue weighted by molar-refractivity contribution is 5.95. The Hall–Kier alpha value is -1.68. The lowest BCUT2D eigenvalue weighted by Crippen LogP contribution is -2.40. The van der Waals surface area contributed by atoms with Gasteiger partial charge >= 0.3 is 0 Å². The van der Waals surface area contributed by atoms with Crippen molar-refractivity contribution in [1.82, 2.24) is 10.2 Å². The first-order valence-corrected chi connectivity index (χ1v) is 7.01. The average molecular weight is 276 g/mol. The summed E-state index contributed by atoms with van der Waals surface area (Å²) in [4.78, 5) is 14.2. The van der Waals surface area contributed by atoms with Crippen LogP contribution in [-0.4, -0.2) is 37.0 Å². The standard InChI is InChI=1S/C16H21FN2O/c1-12(13-5-3-6-14(17)10-13)9-16(20)19-8-4-7-15(19)11-18-2/h3,5-6,9-10,15,18H,4,7-8,11H2,1-2H3. The lowest BCUT2D eigenvalue weighted by molar-refractivity contribution is -0.126. The van der Waals surface area contributed by atoms with E-state index in [4.69, 9.17) is 0 Å². The fraction of sp³-hybridized carbons (Fsp3) is 0.438. The molecule has 1 aliphatic rings. The third kappa shape index (κ3) is 3.45. The van der Waals surface area contributed by atoms with Crippen LogP contribution in [0, 0.1) is 5.82 Å². The van der Waals surface area contributed by atoms with Crippen LogP contribution in [-0.2, 0) is 4.79 Å². The molecule has 0 aromatic heterocycles. The van der Waals surface area contributed by atoms with Gasteiger partial charge in [-0.2, -0.15) is 0 Å². The quantitative estimate of drug-likeness (QED) is 0.857.